The van der Waals surface area contributed by atoms with E-state index in [-0.39, 0.29) is 18.1 Å². The maximum Gasteiger partial charge on any atom is 0.407 e. The van der Waals surface area contributed by atoms with Crippen molar-refractivity contribution >= 4 is 29.3 Å². The maximum absolute atomic E-state index is 12.9. The number of nitrogens with one attached hydrogen (secondary N) is 1. The van der Waals surface area contributed by atoms with E-state index in [4.69, 9.17) is 31.9 Å². The molecule has 0 aliphatic carbocycles. The van der Waals surface area contributed by atoms with Crippen molar-refractivity contribution in [3.05, 3.63) is 22.2 Å². The van der Waals surface area contributed by atoms with Gasteiger partial charge in [0.2, 0.25) is 0 Å². The van der Waals surface area contributed by atoms with Gasteiger partial charge in [0.25, 0.3) is 5.91 Å². The number of carbonyl (C=O) groups is 2. The molecule has 2 unspecified atom stereocenters. The van der Waals surface area contributed by atoms with E-state index in [0.29, 0.717) is 61.1 Å². The molecular weight excluding hydrogens is 400 g/mol. The Morgan fingerprint density at radius 1 is 1.52 bits per heavy atom. The van der Waals surface area contributed by atoms with Gasteiger partial charge in [0.15, 0.2) is 0 Å². The smallest absolute Gasteiger partial charge is 0.407 e. The van der Waals surface area contributed by atoms with E-state index in [1.54, 1.807) is 20.2 Å². The number of fused-ring (bicyclic) bond motifs is 1. The third-order valence-electron chi connectivity index (χ3n) is 5.56. The van der Waals surface area contributed by atoms with Crippen molar-refractivity contribution in [2.75, 3.05) is 52.7 Å². The summed E-state index contributed by atoms with van der Waals surface area (Å²) >= 11 is 6.20. The molecule has 29 heavy (non-hydrogen) atoms. The molecule has 2 heterocycles. The zero-order chi connectivity index (χ0) is 21.1. The number of hydrogen-bond acceptors (Lipinski definition) is 6. The van der Waals surface area contributed by atoms with Gasteiger partial charge in [0.1, 0.15) is 5.75 Å². The fraction of sp³-hybridized carbons (Fsp3) is 0.579. The van der Waals surface area contributed by atoms with Gasteiger partial charge in [-0.3, -0.25) is 9.69 Å². The summed E-state index contributed by atoms with van der Waals surface area (Å²) in [6.07, 6.45) is 0.159. The normalized spacial score (nSPS) is 21.3. The third kappa shape index (κ3) is 4.68. The summed E-state index contributed by atoms with van der Waals surface area (Å²) in [6, 6.07) is 1.38. The predicted octanol–water partition coefficient (Wildman–Crippen LogP) is 1.29. The van der Waals surface area contributed by atoms with Crippen molar-refractivity contribution < 1.29 is 24.2 Å². The number of nitrogen functional groups attached to an aromatic ring is 1. The third-order valence-corrected chi connectivity index (χ3v) is 5.87. The Kier molecular flexibility index (Phi) is 6.71. The van der Waals surface area contributed by atoms with Gasteiger partial charge < -0.3 is 30.5 Å². The first kappa shape index (κ1) is 21.5. The molecule has 1 aromatic carbocycles. The number of likely N-dealkylation sites (tertiary alicyclic amines) is 1. The minimum atomic E-state index is -0.952. The highest BCUT2D eigenvalue weighted by atomic mass is 35.5. The van der Waals surface area contributed by atoms with Gasteiger partial charge in [0.05, 0.1) is 35.0 Å². The molecule has 160 valence electrons. The number of likely N-dealkylation sites (N-methyl/N-ethyl adjacent to an activating group) is 1. The second kappa shape index (κ2) is 9.06. The highest BCUT2D eigenvalue weighted by Gasteiger charge is 2.32. The first-order chi connectivity index (χ1) is 13.8. The van der Waals surface area contributed by atoms with Gasteiger partial charge in [-0.2, -0.15) is 0 Å². The summed E-state index contributed by atoms with van der Waals surface area (Å²) in [7, 11) is 3.15. The fourth-order valence-electron chi connectivity index (χ4n) is 3.76. The Labute approximate surface area is 174 Å². The zero-order valence-electron chi connectivity index (χ0n) is 16.6. The van der Waals surface area contributed by atoms with E-state index in [2.05, 4.69) is 10.2 Å². The maximum atomic E-state index is 12.9. The molecule has 2 atom stereocenters. The average molecular weight is 427 g/mol. The molecule has 1 aromatic rings. The van der Waals surface area contributed by atoms with Gasteiger partial charge in [-0.1, -0.05) is 11.6 Å². The lowest BCUT2D eigenvalue weighted by Crippen LogP contribution is -2.55. The van der Waals surface area contributed by atoms with Gasteiger partial charge in [-0.15, -0.1) is 0 Å². The summed E-state index contributed by atoms with van der Waals surface area (Å²) in [5.74, 6) is 0.240. The molecule has 0 aromatic heterocycles. The molecule has 2 aliphatic rings. The number of ether oxygens (including phenoxy) is 2. The predicted molar refractivity (Wildman–Crippen MR) is 109 cm³/mol. The molecule has 0 bridgehead atoms. The number of rotatable bonds is 6. The lowest BCUT2D eigenvalue weighted by molar-refractivity contribution is 0.00480. The van der Waals surface area contributed by atoms with E-state index in [1.807, 2.05) is 0 Å². The SMILES string of the molecule is COC1CN(CCN(C)C(=O)O)CCC1NC(=O)c1cc(Cl)c(N)c2c1OCC2. The standard InChI is InChI=1S/C19H27ClN4O5/c1-23(19(26)27)6-7-24-5-3-14(15(10-24)28-2)22-18(25)12-9-13(20)16(21)11-4-8-29-17(11)12/h9,14-15H,3-8,10,21H2,1-2H3,(H,22,25)(H,26,27). The Balaban J connectivity index is 1.64. The number of nitrogens with two attached hydrogens (primary N) is 1. The zero-order valence-corrected chi connectivity index (χ0v) is 17.4. The highest BCUT2D eigenvalue weighted by Crippen LogP contribution is 2.38. The number of piperidine rings is 1. The Bertz CT molecular complexity index is 790. The molecule has 0 spiro atoms. The second-order valence-corrected chi connectivity index (χ2v) is 7.78. The number of amides is 2. The van der Waals surface area contributed by atoms with E-state index in [1.165, 1.54) is 4.90 Å². The molecule has 9 nitrogen and oxygen atoms in total. The van der Waals surface area contributed by atoms with Crippen LogP contribution in [0.2, 0.25) is 5.02 Å². The van der Waals surface area contributed by atoms with Crippen LogP contribution in [0, 0.1) is 0 Å². The average Bonchev–Trinajstić information content (AvgIpc) is 3.19. The van der Waals surface area contributed by atoms with Gasteiger partial charge in [-0.25, -0.2) is 4.79 Å². The number of nitrogens with zero attached hydrogens (tertiary/aromatic N) is 2. The summed E-state index contributed by atoms with van der Waals surface area (Å²) in [5, 5.41) is 12.4. The Morgan fingerprint density at radius 3 is 2.97 bits per heavy atom. The summed E-state index contributed by atoms with van der Waals surface area (Å²) < 4.78 is 11.2. The largest absolute Gasteiger partial charge is 0.492 e. The summed E-state index contributed by atoms with van der Waals surface area (Å²) in [5.41, 5.74) is 7.64. The number of carbonyl (C=O) groups excluding carboxylic acids is 1. The lowest BCUT2D eigenvalue weighted by atomic mass is 10.00. The molecule has 10 heteroatoms. The van der Waals surface area contributed by atoms with E-state index >= 15 is 0 Å². The molecule has 1 fully saturated rings. The van der Waals surface area contributed by atoms with Crippen LogP contribution < -0.4 is 15.8 Å². The molecule has 3 rings (SSSR count). The van der Waals surface area contributed by atoms with Crippen molar-refractivity contribution in [1.82, 2.24) is 15.1 Å². The van der Waals surface area contributed by atoms with Crippen LogP contribution in [0.5, 0.6) is 5.75 Å². The van der Waals surface area contributed by atoms with Crippen molar-refractivity contribution in [2.24, 2.45) is 0 Å². The number of benzene rings is 1. The van der Waals surface area contributed by atoms with Crippen molar-refractivity contribution in [1.29, 1.82) is 0 Å². The van der Waals surface area contributed by atoms with Crippen molar-refractivity contribution in [3.8, 4) is 5.75 Å². The first-order valence-corrected chi connectivity index (χ1v) is 9.93. The number of halogens is 1. The number of methoxy groups -OCH3 is 1. The Hall–Kier alpha value is -2.23. The highest BCUT2D eigenvalue weighted by molar-refractivity contribution is 6.33. The monoisotopic (exact) mass is 426 g/mol. The van der Waals surface area contributed by atoms with Crippen LogP contribution in [0.4, 0.5) is 10.5 Å². The van der Waals surface area contributed by atoms with Crippen LogP contribution in [-0.2, 0) is 11.2 Å². The molecule has 2 amide bonds. The van der Waals surface area contributed by atoms with E-state index < -0.39 is 6.09 Å². The quantitative estimate of drug-likeness (QED) is 0.586. The van der Waals surface area contributed by atoms with Crippen LogP contribution in [0.1, 0.15) is 22.3 Å². The fourth-order valence-corrected chi connectivity index (χ4v) is 3.98. The van der Waals surface area contributed by atoms with Crippen LogP contribution in [-0.4, -0.2) is 86.0 Å². The number of anilines is 1. The van der Waals surface area contributed by atoms with E-state index in [0.717, 1.165) is 12.1 Å². The minimum absolute atomic E-state index is 0.172. The molecule has 0 saturated carbocycles. The van der Waals surface area contributed by atoms with Gasteiger partial charge in [0, 0.05) is 52.3 Å². The lowest BCUT2D eigenvalue weighted by Gasteiger charge is -2.38. The minimum Gasteiger partial charge on any atom is -0.492 e. The molecular formula is C19H27ClN4O5. The van der Waals surface area contributed by atoms with Crippen LogP contribution >= 0.6 is 11.6 Å². The van der Waals surface area contributed by atoms with Crippen LogP contribution in [0.3, 0.4) is 0 Å². The molecule has 4 N–H and O–H groups in total. The molecule has 1 saturated heterocycles. The topological polar surface area (TPSA) is 117 Å². The second-order valence-electron chi connectivity index (χ2n) is 7.37. The number of carboxylic acid groups (broad SMARTS) is 1. The summed E-state index contributed by atoms with van der Waals surface area (Å²) in [4.78, 5) is 27.3. The molecule has 0 radical (unpaired) electrons. The van der Waals surface area contributed by atoms with Crippen molar-refractivity contribution in [2.45, 2.75) is 25.0 Å². The first-order valence-electron chi connectivity index (χ1n) is 9.55. The Morgan fingerprint density at radius 2 is 2.28 bits per heavy atom. The number of hydrogen-bond donors (Lipinski definition) is 3. The molecule has 2 aliphatic heterocycles. The summed E-state index contributed by atoms with van der Waals surface area (Å²) in [6.45, 7) is 2.83. The van der Waals surface area contributed by atoms with Crippen LogP contribution in [0.15, 0.2) is 6.07 Å². The van der Waals surface area contributed by atoms with Gasteiger partial charge >= 0.3 is 6.09 Å². The van der Waals surface area contributed by atoms with Crippen molar-refractivity contribution in [3.63, 3.8) is 0 Å². The van der Waals surface area contributed by atoms with Gasteiger partial charge in [-0.05, 0) is 12.5 Å². The van der Waals surface area contributed by atoms with E-state index in [9.17, 15) is 9.59 Å². The van der Waals surface area contributed by atoms with Crippen LogP contribution in [0.25, 0.3) is 0 Å².